The van der Waals surface area contributed by atoms with Gasteiger partial charge in [0.15, 0.2) is 0 Å². The van der Waals surface area contributed by atoms with Crippen molar-refractivity contribution in [3.63, 3.8) is 0 Å². The molecule has 3 aromatic rings. The molecule has 1 amide bonds. The number of halogens is 1. The fourth-order valence-corrected chi connectivity index (χ4v) is 2.40. The summed E-state index contributed by atoms with van der Waals surface area (Å²) in [4.78, 5) is 16.3. The van der Waals surface area contributed by atoms with Crippen LogP contribution >= 0.6 is 0 Å². The van der Waals surface area contributed by atoms with E-state index in [-0.39, 0.29) is 11.4 Å². The van der Waals surface area contributed by atoms with Gasteiger partial charge in [0.25, 0.3) is 5.91 Å². The Hall–Kier alpha value is -3.41. The van der Waals surface area contributed by atoms with Crippen LogP contribution in [0.15, 0.2) is 60.7 Å². The lowest BCUT2D eigenvalue weighted by Crippen LogP contribution is -2.13. The van der Waals surface area contributed by atoms with Crippen molar-refractivity contribution in [3.8, 4) is 16.9 Å². The number of carbonyl (C=O) groups is 1. The van der Waals surface area contributed by atoms with E-state index in [1.165, 1.54) is 18.2 Å². The quantitative estimate of drug-likeness (QED) is 0.760. The number of nitrogens with two attached hydrogens (primary N) is 1. The summed E-state index contributed by atoms with van der Waals surface area (Å²) in [6.07, 6.45) is 0. The highest BCUT2D eigenvalue weighted by atomic mass is 19.1. The summed E-state index contributed by atoms with van der Waals surface area (Å²) >= 11 is 0. The number of pyridine rings is 1. The number of anilines is 2. The molecule has 3 rings (SSSR count). The van der Waals surface area contributed by atoms with Crippen molar-refractivity contribution in [2.45, 2.75) is 0 Å². The van der Waals surface area contributed by atoms with Crippen molar-refractivity contribution in [1.82, 2.24) is 4.98 Å². The zero-order valence-corrected chi connectivity index (χ0v) is 13.5. The summed E-state index contributed by atoms with van der Waals surface area (Å²) in [7, 11) is 1.59. The van der Waals surface area contributed by atoms with Crippen LogP contribution in [-0.2, 0) is 0 Å². The van der Waals surface area contributed by atoms with Gasteiger partial charge in [0.05, 0.1) is 7.11 Å². The third kappa shape index (κ3) is 3.74. The molecule has 0 radical (unpaired) electrons. The van der Waals surface area contributed by atoms with Gasteiger partial charge in [-0.2, -0.15) is 0 Å². The maximum atomic E-state index is 13.2. The number of methoxy groups -OCH3 is 1. The number of carbonyl (C=O) groups excluding carboxylic acids is 1. The smallest absolute Gasteiger partial charge is 0.256 e. The monoisotopic (exact) mass is 337 g/mol. The van der Waals surface area contributed by atoms with Crippen LogP contribution in [0.2, 0.25) is 0 Å². The Kier molecular flexibility index (Phi) is 4.61. The summed E-state index contributed by atoms with van der Waals surface area (Å²) in [5.41, 5.74) is 7.80. The van der Waals surface area contributed by atoms with E-state index >= 15 is 0 Å². The van der Waals surface area contributed by atoms with Crippen LogP contribution in [0, 0.1) is 5.82 Å². The Labute approximate surface area is 144 Å². The van der Waals surface area contributed by atoms with Crippen molar-refractivity contribution in [2.24, 2.45) is 0 Å². The van der Waals surface area contributed by atoms with Crippen LogP contribution in [0.1, 0.15) is 10.4 Å². The minimum atomic E-state index is -0.478. The van der Waals surface area contributed by atoms with Gasteiger partial charge < -0.3 is 15.8 Å². The lowest BCUT2D eigenvalue weighted by Gasteiger charge is -2.10. The molecule has 0 unspecified atom stereocenters. The number of rotatable bonds is 4. The molecular formula is C19H16FN3O2. The molecule has 2 aromatic carbocycles. The third-order valence-corrected chi connectivity index (χ3v) is 3.63. The molecule has 5 nitrogen and oxygen atoms in total. The molecule has 0 spiro atoms. The number of benzene rings is 2. The number of nitrogens with zero attached hydrogens (tertiary/aromatic N) is 1. The highest BCUT2D eigenvalue weighted by Gasteiger charge is 2.10. The predicted molar refractivity (Wildman–Crippen MR) is 95.0 cm³/mol. The number of aromatic nitrogens is 1. The second-order valence-electron chi connectivity index (χ2n) is 5.33. The SMILES string of the molecule is COc1cccc(-c2ccc(NC(=O)c3cccc(F)c3)nc2N)c1. The summed E-state index contributed by atoms with van der Waals surface area (Å²) in [6.45, 7) is 0. The number of hydrogen-bond donors (Lipinski definition) is 2. The Balaban J connectivity index is 1.83. The zero-order chi connectivity index (χ0) is 17.8. The van der Waals surface area contributed by atoms with E-state index in [0.29, 0.717) is 11.6 Å². The predicted octanol–water partition coefficient (Wildman–Crippen LogP) is 3.73. The fourth-order valence-electron chi connectivity index (χ4n) is 2.40. The molecule has 6 heteroatoms. The van der Waals surface area contributed by atoms with Crippen LogP contribution in [-0.4, -0.2) is 18.0 Å². The van der Waals surface area contributed by atoms with Gasteiger partial charge in [-0.25, -0.2) is 9.37 Å². The zero-order valence-electron chi connectivity index (χ0n) is 13.5. The van der Waals surface area contributed by atoms with Gasteiger partial charge >= 0.3 is 0 Å². The number of hydrogen-bond acceptors (Lipinski definition) is 4. The average molecular weight is 337 g/mol. The number of nitrogen functional groups attached to an aromatic ring is 1. The second-order valence-corrected chi connectivity index (χ2v) is 5.33. The average Bonchev–Trinajstić information content (AvgIpc) is 2.62. The van der Waals surface area contributed by atoms with Crippen LogP contribution in [0.3, 0.4) is 0 Å². The van der Waals surface area contributed by atoms with Crippen molar-refractivity contribution < 1.29 is 13.9 Å². The molecule has 0 atom stereocenters. The van der Waals surface area contributed by atoms with Gasteiger partial charge in [-0.1, -0.05) is 18.2 Å². The van der Waals surface area contributed by atoms with Gasteiger partial charge in [0.1, 0.15) is 23.2 Å². The highest BCUT2D eigenvalue weighted by molar-refractivity contribution is 6.04. The Bertz CT molecular complexity index is 928. The lowest BCUT2D eigenvalue weighted by atomic mass is 10.1. The second kappa shape index (κ2) is 7.00. The van der Waals surface area contributed by atoms with E-state index in [4.69, 9.17) is 10.5 Å². The van der Waals surface area contributed by atoms with E-state index in [2.05, 4.69) is 10.3 Å². The highest BCUT2D eigenvalue weighted by Crippen LogP contribution is 2.28. The Morgan fingerprint density at radius 3 is 2.64 bits per heavy atom. The number of nitrogens with one attached hydrogen (secondary N) is 1. The van der Waals surface area contributed by atoms with Crippen LogP contribution in [0.5, 0.6) is 5.75 Å². The lowest BCUT2D eigenvalue weighted by molar-refractivity contribution is 0.102. The molecule has 1 heterocycles. The van der Waals surface area contributed by atoms with E-state index in [0.717, 1.165) is 17.2 Å². The van der Waals surface area contributed by atoms with Crippen molar-refractivity contribution >= 4 is 17.5 Å². The minimum absolute atomic E-state index is 0.206. The first-order chi connectivity index (χ1) is 12.1. The standard InChI is InChI=1S/C19H16FN3O2/c1-25-15-7-3-4-12(11-15)16-8-9-17(22-18(16)21)23-19(24)13-5-2-6-14(20)10-13/h2-11H,1H3,(H3,21,22,23,24). The topological polar surface area (TPSA) is 77.2 Å². The molecule has 0 fully saturated rings. The molecule has 0 aliphatic rings. The van der Waals surface area contributed by atoms with Crippen molar-refractivity contribution in [1.29, 1.82) is 0 Å². The van der Waals surface area contributed by atoms with Crippen LogP contribution < -0.4 is 15.8 Å². The molecule has 3 N–H and O–H groups in total. The Morgan fingerprint density at radius 2 is 1.92 bits per heavy atom. The molecule has 0 bridgehead atoms. The number of amides is 1. The first-order valence-corrected chi connectivity index (χ1v) is 7.54. The third-order valence-electron chi connectivity index (χ3n) is 3.63. The molecule has 0 saturated heterocycles. The molecular weight excluding hydrogens is 321 g/mol. The molecule has 126 valence electrons. The summed E-state index contributed by atoms with van der Waals surface area (Å²) in [6, 6.07) is 16.2. The largest absolute Gasteiger partial charge is 0.497 e. The minimum Gasteiger partial charge on any atom is -0.497 e. The number of ether oxygens (including phenoxy) is 1. The van der Waals surface area contributed by atoms with Gasteiger partial charge in [0, 0.05) is 11.1 Å². The first kappa shape index (κ1) is 16.4. The van der Waals surface area contributed by atoms with E-state index in [1.54, 1.807) is 19.2 Å². The van der Waals surface area contributed by atoms with E-state index < -0.39 is 11.7 Å². The maximum Gasteiger partial charge on any atom is 0.256 e. The van der Waals surface area contributed by atoms with Gasteiger partial charge in [-0.15, -0.1) is 0 Å². The molecule has 1 aromatic heterocycles. The normalized spacial score (nSPS) is 10.3. The van der Waals surface area contributed by atoms with Crippen LogP contribution in [0.25, 0.3) is 11.1 Å². The van der Waals surface area contributed by atoms with Gasteiger partial charge in [-0.3, -0.25) is 4.79 Å². The Morgan fingerprint density at radius 1 is 1.12 bits per heavy atom. The summed E-state index contributed by atoms with van der Waals surface area (Å²) < 4.78 is 18.4. The molecule has 25 heavy (non-hydrogen) atoms. The van der Waals surface area contributed by atoms with Crippen molar-refractivity contribution in [2.75, 3.05) is 18.2 Å². The molecule has 0 saturated carbocycles. The van der Waals surface area contributed by atoms with Gasteiger partial charge in [0.2, 0.25) is 0 Å². The first-order valence-electron chi connectivity index (χ1n) is 7.54. The summed E-state index contributed by atoms with van der Waals surface area (Å²) in [5.74, 6) is 0.332. The van der Waals surface area contributed by atoms with Crippen LogP contribution in [0.4, 0.5) is 16.0 Å². The van der Waals surface area contributed by atoms with E-state index in [1.807, 2.05) is 24.3 Å². The van der Waals surface area contributed by atoms with Gasteiger partial charge in [-0.05, 0) is 48.0 Å². The van der Waals surface area contributed by atoms with E-state index in [9.17, 15) is 9.18 Å². The molecule has 0 aliphatic heterocycles. The van der Waals surface area contributed by atoms with Crippen molar-refractivity contribution in [3.05, 3.63) is 72.0 Å². The summed E-state index contributed by atoms with van der Waals surface area (Å²) in [5, 5.41) is 2.61. The fraction of sp³-hybridized carbons (Fsp3) is 0.0526. The molecule has 0 aliphatic carbocycles. The maximum absolute atomic E-state index is 13.2.